The molecule has 0 radical (unpaired) electrons. The van der Waals surface area contributed by atoms with Gasteiger partial charge in [0.15, 0.2) is 11.6 Å². The van der Waals surface area contributed by atoms with Crippen molar-refractivity contribution in [1.29, 1.82) is 0 Å². The zero-order chi connectivity index (χ0) is 83.5. The SMILES string of the molecule is CCCCCCCC1(CCCCCCC)c2ccccc2-c2c1c1c(c3c2oc2ccccc23)-c2ccc(N(c3ccc4c(c3)C3(c5ccccc5-c5ccccc53)c3cc5c(cc3-4)C3(c4ccccc4-c4ccccc43)c3ccc4oc6ccccc6c4c3-5)c3nc(-c4ccccc4)nc(-c4ccccc4)n3)cc2C1(CCCCCCC)CCCCCCC. The van der Waals surface area contributed by atoms with Crippen LogP contribution in [-0.4, -0.2) is 15.0 Å². The molecule has 17 aromatic rings. The molecular formula is C119H108N4O2. The number of nitrogens with zero attached hydrogens (tertiary/aromatic N) is 4. The molecule has 616 valence electrons. The van der Waals surface area contributed by atoms with Crippen molar-refractivity contribution in [2.45, 2.75) is 203 Å². The van der Waals surface area contributed by atoms with Crippen LogP contribution in [-0.2, 0) is 21.7 Å². The van der Waals surface area contributed by atoms with E-state index in [1.165, 1.54) is 249 Å². The highest BCUT2D eigenvalue weighted by Gasteiger charge is 2.59. The molecule has 0 atom stereocenters. The summed E-state index contributed by atoms with van der Waals surface area (Å²) in [7, 11) is 0. The Kier molecular flexibility index (Phi) is 19.4. The maximum atomic E-state index is 7.72. The van der Waals surface area contributed by atoms with Crippen LogP contribution >= 0.6 is 0 Å². The summed E-state index contributed by atoms with van der Waals surface area (Å²) >= 11 is 0. The van der Waals surface area contributed by atoms with Crippen molar-refractivity contribution in [2.24, 2.45) is 0 Å². The van der Waals surface area contributed by atoms with E-state index in [0.29, 0.717) is 17.6 Å². The summed E-state index contributed by atoms with van der Waals surface area (Å²) in [6.07, 6.45) is 28.6. The molecule has 0 unspecified atom stereocenters. The van der Waals surface area contributed by atoms with Gasteiger partial charge < -0.3 is 8.83 Å². The summed E-state index contributed by atoms with van der Waals surface area (Å²) in [6, 6.07) is 111. The number of fused-ring (bicyclic) bond motifs is 36. The molecular weight excluding hydrogens is 1520 g/mol. The number of para-hydroxylation sites is 2. The zero-order valence-electron chi connectivity index (χ0n) is 72.8. The number of aromatic nitrogens is 3. The van der Waals surface area contributed by atoms with Crippen molar-refractivity contribution < 1.29 is 8.83 Å². The molecule has 3 heterocycles. The van der Waals surface area contributed by atoms with E-state index in [0.717, 1.165) is 94.1 Å². The summed E-state index contributed by atoms with van der Waals surface area (Å²) in [4.78, 5) is 19.8. The Bertz CT molecular complexity index is 6920. The van der Waals surface area contributed by atoms with Crippen molar-refractivity contribution in [2.75, 3.05) is 4.90 Å². The van der Waals surface area contributed by atoms with E-state index in [9.17, 15) is 0 Å². The quantitative estimate of drug-likeness (QED) is 0.0435. The summed E-state index contributed by atoms with van der Waals surface area (Å²) in [6.45, 7) is 9.48. The predicted molar refractivity (Wildman–Crippen MR) is 518 cm³/mol. The molecule has 6 heteroatoms. The molecule has 0 saturated heterocycles. The van der Waals surface area contributed by atoms with Gasteiger partial charge in [-0.05, 0) is 208 Å². The first-order valence-corrected chi connectivity index (χ1v) is 47.5. The van der Waals surface area contributed by atoms with Gasteiger partial charge in [0.1, 0.15) is 22.3 Å². The number of hydrogen-bond donors (Lipinski definition) is 0. The van der Waals surface area contributed by atoms with E-state index in [1.54, 1.807) is 11.1 Å². The highest BCUT2D eigenvalue weighted by Crippen LogP contribution is 2.72. The third-order valence-electron chi connectivity index (χ3n) is 30.3. The van der Waals surface area contributed by atoms with Gasteiger partial charge in [-0.15, -0.1) is 0 Å². The van der Waals surface area contributed by atoms with Crippen LogP contribution in [0.3, 0.4) is 0 Å². The third kappa shape index (κ3) is 11.6. The first kappa shape index (κ1) is 77.3. The average molecular weight is 1630 g/mol. The van der Waals surface area contributed by atoms with Gasteiger partial charge in [0.05, 0.1) is 10.8 Å². The zero-order valence-corrected chi connectivity index (χ0v) is 72.8. The largest absolute Gasteiger partial charge is 0.456 e. The van der Waals surface area contributed by atoms with Crippen LogP contribution in [0.25, 0.3) is 133 Å². The summed E-state index contributed by atoms with van der Waals surface area (Å²) in [5.41, 5.74) is 37.5. The lowest BCUT2D eigenvalue weighted by Crippen LogP contribution is -2.33. The van der Waals surface area contributed by atoms with Gasteiger partial charge in [-0.2, -0.15) is 9.97 Å². The Morgan fingerprint density at radius 3 is 1.17 bits per heavy atom. The van der Waals surface area contributed by atoms with Gasteiger partial charge in [-0.1, -0.05) is 393 Å². The highest BCUT2D eigenvalue weighted by atomic mass is 16.3. The Labute approximate surface area is 735 Å². The molecule has 14 aromatic carbocycles. The maximum absolute atomic E-state index is 7.72. The Morgan fingerprint density at radius 1 is 0.256 bits per heavy atom. The topological polar surface area (TPSA) is 68.2 Å². The normalized spacial score (nSPS) is 14.6. The lowest BCUT2D eigenvalue weighted by atomic mass is 9.62. The number of rotatable bonds is 29. The van der Waals surface area contributed by atoms with Crippen molar-refractivity contribution in [3.63, 3.8) is 0 Å². The fourth-order valence-electron chi connectivity index (χ4n) is 25.0. The van der Waals surface area contributed by atoms with Crippen LogP contribution in [0.1, 0.15) is 249 Å². The Morgan fingerprint density at radius 2 is 0.640 bits per heavy atom. The van der Waals surface area contributed by atoms with E-state index < -0.39 is 16.2 Å². The van der Waals surface area contributed by atoms with Gasteiger partial charge in [-0.25, -0.2) is 4.98 Å². The molecule has 125 heavy (non-hydrogen) atoms. The Balaban J connectivity index is 0.817. The molecule has 6 nitrogen and oxygen atoms in total. The summed E-state index contributed by atoms with van der Waals surface area (Å²) < 4.78 is 14.7. The smallest absolute Gasteiger partial charge is 0.238 e. The van der Waals surface area contributed by atoms with E-state index in [1.807, 2.05) is 0 Å². The van der Waals surface area contributed by atoms with Crippen LogP contribution in [0, 0.1) is 0 Å². The predicted octanol–water partition coefficient (Wildman–Crippen LogP) is 33.1. The van der Waals surface area contributed by atoms with Crippen molar-refractivity contribution in [3.8, 4) is 89.5 Å². The van der Waals surface area contributed by atoms with Crippen molar-refractivity contribution in [1.82, 2.24) is 15.0 Å². The molecule has 0 aliphatic heterocycles. The van der Waals surface area contributed by atoms with Crippen LogP contribution < -0.4 is 4.90 Å². The van der Waals surface area contributed by atoms with Crippen LogP contribution in [0.2, 0.25) is 0 Å². The van der Waals surface area contributed by atoms with Gasteiger partial charge in [0.25, 0.3) is 0 Å². The molecule has 3 aromatic heterocycles. The lowest BCUT2D eigenvalue weighted by molar-refractivity contribution is 0.369. The number of unbranched alkanes of at least 4 members (excludes halogenated alkanes) is 16. The molecule has 0 amide bonds. The summed E-state index contributed by atoms with van der Waals surface area (Å²) in [5, 5.41) is 4.77. The molecule has 0 saturated carbocycles. The van der Waals surface area contributed by atoms with E-state index >= 15 is 0 Å². The molecule has 0 N–H and O–H groups in total. The monoisotopic (exact) mass is 1620 g/mol. The molecule has 6 aliphatic carbocycles. The fourth-order valence-corrected chi connectivity index (χ4v) is 25.0. The molecule has 2 spiro atoms. The van der Waals surface area contributed by atoms with E-state index in [2.05, 4.69) is 324 Å². The number of benzene rings is 14. The molecule has 0 bridgehead atoms. The molecule has 6 aliphatic rings. The first-order valence-electron chi connectivity index (χ1n) is 47.5. The second-order valence-corrected chi connectivity index (χ2v) is 37.1. The van der Waals surface area contributed by atoms with Crippen molar-refractivity contribution in [3.05, 3.63) is 358 Å². The van der Waals surface area contributed by atoms with Gasteiger partial charge >= 0.3 is 0 Å². The number of hydrogen-bond acceptors (Lipinski definition) is 6. The van der Waals surface area contributed by atoms with E-state index in [-0.39, 0.29) is 5.41 Å². The van der Waals surface area contributed by atoms with E-state index in [4.69, 9.17) is 23.8 Å². The van der Waals surface area contributed by atoms with Crippen LogP contribution in [0.5, 0.6) is 0 Å². The fraction of sp³-hybridized carbons (Fsp3) is 0.269. The maximum Gasteiger partial charge on any atom is 0.238 e. The van der Waals surface area contributed by atoms with Crippen LogP contribution in [0.4, 0.5) is 17.3 Å². The van der Waals surface area contributed by atoms with Gasteiger partial charge in [-0.3, -0.25) is 4.90 Å². The molecule has 0 fully saturated rings. The van der Waals surface area contributed by atoms with Gasteiger partial charge in [0.2, 0.25) is 5.95 Å². The summed E-state index contributed by atoms with van der Waals surface area (Å²) in [5.74, 6) is 1.80. The van der Waals surface area contributed by atoms with Gasteiger partial charge in [0, 0.05) is 60.4 Å². The lowest BCUT2D eigenvalue weighted by Gasteiger charge is -2.40. The minimum absolute atomic E-state index is 0.244. The minimum atomic E-state index is -0.800. The van der Waals surface area contributed by atoms with Crippen LogP contribution in [0.15, 0.2) is 300 Å². The number of furan rings is 2. The van der Waals surface area contributed by atoms with Crippen molar-refractivity contribution >= 4 is 61.2 Å². The first-order chi connectivity index (χ1) is 61.9. The second kappa shape index (κ2) is 31.3. The molecule has 23 rings (SSSR count). The second-order valence-electron chi connectivity index (χ2n) is 37.1. The average Bonchev–Trinajstić information content (AvgIpc) is 1.49. The highest BCUT2D eigenvalue weighted by molar-refractivity contribution is 6.22. The Hall–Kier alpha value is -12.5. The number of anilines is 3. The minimum Gasteiger partial charge on any atom is -0.456 e. The standard InChI is InChI=1S/C119H108N4O2/c1-5-9-13-17-41-69-116(70-42-18-14-10-6-2)92-56-34-31-53-86(92)109-111(116)110-107(108-89-55-33-40-62-103(89)125-112(108)109)87-66-64-79(73-98(87)117(110,71-43-19-15-11-7-3)72-44-20-16-12-8-4)123(115-121-113(77-45-23-21-24-46-77)120-114(122-115)78-47-25-22-26-48-78)80-63-65-85-90-75-101-91(76-100(90)119(99(85)74-80)95-59-37-29-51-83(95)84-52-30-38-60-96(84)119)105-97(67-68-104-106(105)88-54-32-39-61-102(88)124-104)118(101)93-57-35-27-49-81(93)82-50-28-36-58-94(82)118/h21-40,45-68,73-76H,5-20,41-44,69-72H2,1-4H3. The third-order valence-corrected chi connectivity index (χ3v) is 30.3.